The third-order valence-electron chi connectivity index (χ3n) is 3.19. The lowest BCUT2D eigenvalue weighted by Crippen LogP contribution is -2.06. The van der Waals surface area contributed by atoms with E-state index in [-0.39, 0.29) is 11.5 Å². The number of hydrogen-bond donors (Lipinski definition) is 0. The normalized spacial score (nSPS) is 10.4. The zero-order valence-corrected chi connectivity index (χ0v) is 13.4. The number of esters is 1. The first-order chi connectivity index (χ1) is 10.7. The molecule has 0 amide bonds. The number of unbranched alkanes of at least 4 members (excludes halogenated alkanes) is 1. The fourth-order valence-corrected chi connectivity index (χ4v) is 2.82. The monoisotopic (exact) mass is 317 g/mol. The zero-order valence-electron chi connectivity index (χ0n) is 12.6. The summed E-state index contributed by atoms with van der Waals surface area (Å²) in [4.78, 5) is 27.6. The van der Waals surface area contributed by atoms with E-state index in [4.69, 9.17) is 4.74 Å². The molecule has 22 heavy (non-hydrogen) atoms. The van der Waals surface area contributed by atoms with Gasteiger partial charge in [0, 0.05) is 11.8 Å². The van der Waals surface area contributed by atoms with Gasteiger partial charge in [-0.3, -0.25) is 4.79 Å². The van der Waals surface area contributed by atoms with Crippen LogP contribution >= 0.6 is 11.3 Å². The molecule has 0 atom stereocenters. The molecule has 1 aromatic carbocycles. The van der Waals surface area contributed by atoms with E-state index in [9.17, 15) is 9.59 Å². The van der Waals surface area contributed by atoms with Crippen LogP contribution in [0.5, 0.6) is 0 Å². The van der Waals surface area contributed by atoms with E-state index in [2.05, 4.69) is 17.1 Å². The number of ether oxygens (including phenoxy) is 1. The Balaban J connectivity index is 1.76. The molecule has 0 bridgehead atoms. The molecule has 2 rings (SSSR count). The fourth-order valence-electron chi connectivity index (χ4n) is 2.07. The molecule has 0 saturated carbocycles. The lowest BCUT2D eigenvalue weighted by Gasteiger charge is -2.00. The van der Waals surface area contributed by atoms with E-state index < -0.39 is 5.97 Å². The van der Waals surface area contributed by atoms with Gasteiger partial charge in [0.2, 0.25) is 0 Å². The highest BCUT2D eigenvalue weighted by Gasteiger charge is 2.15. The molecule has 2 aromatic rings. The molecule has 0 aliphatic carbocycles. The number of hydrogen-bond acceptors (Lipinski definition) is 5. The highest BCUT2D eigenvalue weighted by atomic mass is 32.1. The standard InChI is InChI=1S/C17H19NO3S/c1-2-21-17(20)14-12-22-16(18-14)15(19)11-7-6-10-13-8-4-3-5-9-13/h3-5,8-9,12H,2,6-7,10-11H2,1H3. The van der Waals surface area contributed by atoms with E-state index in [0.717, 1.165) is 19.3 Å². The number of ketones is 1. The van der Waals surface area contributed by atoms with Crippen molar-refractivity contribution in [1.29, 1.82) is 0 Å². The van der Waals surface area contributed by atoms with Crippen molar-refractivity contribution in [2.75, 3.05) is 6.61 Å². The molecule has 4 nitrogen and oxygen atoms in total. The van der Waals surface area contributed by atoms with E-state index in [1.807, 2.05) is 18.2 Å². The summed E-state index contributed by atoms with van der Waals surface area (Å²) < 4.78 is 4.86. The topological polar surface area (TPSA) is 56.3 Å². The van der Waals surface area contributed by atoms with Crippen molar-refractivity contribution in [3.8, 4) is 0 Å². The van der Waals surface area contributed by atoms with Crippen molar-refractivity contribution in [3.05, 3.63) is 52.0 Å². The van der Waals surface area contributed by atoms with E-state index >= 15 is 0 Å². The summed E-state index contributed by atoms with van der Waals surface area (Å²) >= 11 is 1.20. The molecule has 0 fully saturated rings. The number of carbonyl (C=O) groups is 2. The summed E-state index contributed by atoms with van der Waals surface area (Å²) in [7, 11) is 0. The third-order valence-corrected chi connectivity index (χ3v) is 4.07. The predicted octanol–water partition coefficient (Wildman–Crippen LogP) is 3.92. The van der Waals surface area contributed by atoms with Crippen LogP contribution in [0.15, 0.2) is 35.7 Å². The summed E-state index contributed by atoms with van der Waals surface area (Å²) in [5, 5.41) is 1.97. The quantitative estimate of drug-likeness (QED) is 0.421. The van der Waals surface area contributed by atoms with E-state index in [1.165, 1.54) is 16.9 Å². The third kappa shape index (κ3) is 4.77. The Bertz CT molecular complexity index is 622. The van der Waals surface area contributed by atoms with Gasteiger partial charge in [0.25, 0.3) is 0 Å². The second kappa shape index (κ2) is 8.44. The summed E-state index contributed by atoms with van der Waals surface area (Å²) in [6, 6.07) is 10.2. The van der Waals surface area contributed by atoms with E-state index in [0.29, 0.717) is 18.0 Å². The van der Waals surface area contributed by atoms with Gasteiger partial charge in [-0.15, -0.1) is 11.3 Å². The number of aromatic nitrogens is 1. The van der Waals surface area contributed by atoms with Crippen LogP contribution in [-0.2, 0) is 11.2 Å². The number of aryl methyl sites for hydroxylation is 1. The van der Waals surface area contributed by atoms with Gasteiger partial charge < -0.3 is 4.74 Å². The van der Waals surface area contributed by atoms with Crippen molar-refractivity contribution < 1.29 is 14.3 Å². The second-order valence-corrected chi connectivity index (χ2v) is 5.73. The molecule has 5 heteroatoms. The molecule has 0 spiro atoms. The second-order valence-electron chi connectivity index (χ2n) is 4.87. The minimum absolute atomic E-state index is 0.00592. The maximum absolute atomic E-state index is 12.0. The summed E-state index contributed by atoms with van der Waals surface area (Å²) in [6.07, 6.45) is 3.22. The molecule has 1 aromatic heterocycles. The largest absolute Gasteiger partial charge is 0.461 e. The Morgan fingerprint density at radius 3 is 2.68 bits per heavy atom. The molecular formula is C17H19NO3S. The Hall–Kier alpha value is -2.01. The highest BCUT2D eigenvalue weighted by molar-refractivity contribution is 7.11. The predicted molar refractivity (Wildman–Crippen MR) is 86.4 cm³/mol. The molecular weight excluding hydrogens is 298 g/mol. The van der Waals surface area contributed by atoms with Gasteiger partial charge in [-0.25, -0.2) is 9.78 Å². The summed E-state index contributed by atoms with van der Waals surface area (Å²) in [6.45, 7) is 2.04. The highest BCUT2D eigenvalue weighted by Crippen LogP contribution is 2.15. The average molecular weight is 317 g/mol. The maximum atomic E-state index is 12.0. The van der Waals surface area contributed by atoms with Crippen LogP contribution in [-0.4, -0.2) is 23.3 Å². The minimum Gasteiger partial charge on any atom is -0.461 e. The van der Waals surface area contributed by atoms with E-state index in [1.54, 1.807) is 12.3 Å². The first kappa shape index (κ1) is 16.4. The number of rotatable bonds is 8. The number of nitrogens with zero attached hydrogens (tertiary/aromatic N) is 1. The number of benzene rings is 1. The van der Waals surface area contributed by atoms with Gasteiger partial charge in [-0.05, 0) is 31.7 Å². The maximum Gasteiger partial charge on any atom is 0.357 e. The first-order valence-electron chi connectivity index (χ1n) is 7.40. The molecule has 0 aliphatic rings. The Kier molecular flexibility index (Phi) is 6.27. The van der Waals surface area contributed by atoms with Gasteiger partial charge in [0.15, 0.2) is 16.5 Å². The Morgan fingerprint density at radius 2 is 1.95 bits per heavy atom. The van der Waals surface area contributed by atoms with Crippen molar-refractivity contribution in [3.63, 3.8) is 0 Å². The lowest BCUT2D eigenvalue weighted by molar-refractivity contribution is 0.0520. The van der Waals surface area contributed by atoms with Gasteiger partial charge in [-0.1, -0.05) is 30.3 Å². The Morgan fingerprint density at radius 1 is 1.18 bits per heavy atom. The van der Waals surface area contributed by atoms with Crippen molar-refractivity contribution in [2.24, 2.45) is 0 Å². The first-order valence-corrected chi connectivity index (χ1v) is 8.28. The molecule has 0 aliphatic heterocycles. The summed E-state index contributed by atoms with van der Waals surface area (Å²) in [5.41, 5.74) is 1.51. The van der Waals surface area contributed by atoms with Gasteiger partial charge in [0.1, 0.15) is 0 Å². The van der Waals surface area contributed by atoms with Gasteiger partial charge in [-0.2, -0.15) is 0 Å². The van der Waals surface area contributed by atoms with Crippen LogP contribution in [0, 0.1) is 0 Å². The zero-order chi connectivity index (χ0) is 15.8. The average Bonchev–Trinajstić information content (AvgIpc) is 3.03. The van der Waals surface area contributed by atoms with Gasteiger partial charge in [0.05, 0.1) is 6.61 Å². The Labute approximate surface area is 134 Å². The van der Waals surface area contributed by atoms with Crippen molar-refractivity contribution >= 4 is 23.1 Å². The van der Waals surface area contributed by atoms with Crippen molar-refractivity contribution in [2.45, 2.75) is 32.6 Å². The molecule has 0 N–H and O–H groups in total. The molecule has 0 radical (unpaired) electrons. The number of Topliss-reactive ketones (excluding diaryl/α,β-unsaturated/α-hetero) is 1. The van der Waals surface area contributed by atoms with Crippen LogP contribution in [0.2, 0.25) is 0 Å². The van der Waals surface area contributed by atoms with Crippen LogP contribution in [0.3, 0.4) is 0 Å². The number of carbonyl (C=O) groups excluding carboxylic acids is 2. The number of thiazole rings is 1. The fraction of sp³-hybridized carbons (Fsp3) is 0.353. The molecule has 1 heterocycles. The molecule has 0 saturated heterocycles. The lowest BCUT2D eigenvalue weighted by atomic mass is 10.1. The van der Waals surface area contributed by atoms with Crippen LogP contribution in [0.25, 0.3) is 0 Å². The van der Waals surface area contributed by atoms with Crippen LogP contribution < -0.4 is 0 Å². The molecule has 116 valence electrons. The van der Waals surface area contributed by atoms with Crippen molar-refractivity contribution in [1.82, 2.24) is 4.98 Å². The molecule has 0 unspecified atom stereocenters. The minimum atomic E-state index is -0.470. The summed E-state index contributed by atoms with van der Waals surface area (Å²) in [5.74, 6) is -0.476. The van der Waals surface area contributed by atoms with Crippen LogP contribution in [0.1, 0.15) is 52.0 Å². The van der Waals surface area contributed by atoms with Crippen LogP contribution in [0.4, 0.5) is 0 Å². The van der Waals surface area contributed by atoms with Gasteiger partial charge >= 0.3 is 5.97 Å². The SMILES string of the molecule is CCOC(=O)c1csc(C(=O)CCCCc2ccccc2)n1. The smallest absolute Gasteiger partial charge is 0.357 e.